The Labute approximate surface area is 87.6 Å². The Bertz CT molecular complexity index is 148. The molecule has 0 aliphatic carbocycles. The average molecular weight is 200 g/mol. The fourth-order valence-corrected chi connectivity index (χ4v) is 1.42. The van der Waals surface area contributed by atoms with Crippen molar-refractivity contribution in [1.82, 2.24) is 10.6 Å². The molecule has 1 atom stereocenters. The van der Waals surface area contributed by atoms with Gasteiger partial charge in [0.2, 0.25) is 5.91 Å². The van der Waals surface area contributed by atoms with Gasteiger partial charge in [-0.15, -0.1) is 0 Å². The van der Waals surface area contributed by atoms with E-state index in [4.69, 9.17) is 0 Å². The van der Waals surface area contributed by atoms with Crippen LogP contribution in [0.25, 0.3) is 0 Å². The maximum atomic E-state index is 10.9. The number of hydrogen-bond acceptors (Lipinski definition) is 2. The van der Waals surface area contributed by atoms with E-state index >= 15 is 0 Å². The lowest BCUT2D eigenvalue weighted by Gasteiger charge is -2.14. The van der Waals surface area contributed by atoms with E-state index in [-0.39, 0.29) is 5.91 Å². The SMILES string of the molecule is CCCCC(CC)CNCC(=O)NC. The first kappa shape index (κ1) is 13.4. The quantitative estimate of drug-likeness (QED) is 0.624. The van der Waals surface area contributed by atoms with Crippen LogP contribution in [0.1, 0.15) is 39.5 Å². The molecule has 0 bridgehead atoms. The topological polar surface area (TPSA) is 41.1 Å². The predicted molar refractivity (Wildman–Crippen MR) is 60.2 cm³/mol. The van der Waals surface area contributed by atoms with Crippen LogP contribution in [0.5, 0.6) is 0 Å². The molecule has 2 N–H and O–H groups in total. The predicted octanol–water partition coefficient (Wildman–Crippen LogP) is 1.54. The molecule has 1 unspecified atom stereocenters. The van der Waals surface area contributed by atoms with Crippen molar-refractivity contribution < 1.29 is 4.79 Å². The summed E-state index contributed by atoms with van der Waals surface area (Å²) >= 11 is 0. The Morgan fingerprint density at radius 2 is 2.07 bits per heavy atom. The van der Waals surface area contributed by atoms with Crippen molar-refractivity contribution in [2.24, 2.45) is 5.92 Å². The van der Waals surface area contributed by atoms with Gasteiger partial charge >= 0.3 is 0 Å². The second kappa shape index (κ2) is 9.00. The van der Waals surface area contributed by atoms with Gasteiger partial charge in [-0.2, -0.15) is 0 Å². The highest BCUT2D eigenvalue weighted by molar-refractivity contribution is 5.77. The maximum Gasteiger partial charge on any atom is 0.233 e. The average Bonchev–Trinajstić information content (AvgIpc) is 2.22. The van der Waals surface area contributed by atoms with E-state index in [1.54, 1.807) is 7.05 Å². The minimum atomic E-state index is 0.0651. The van der Waals surface area contributed by atoms with Gasteiger partial charge in [0.05, 0.1) is 6.54 Å². The molecule has 0 saturated carbocycles. The molecule has 0 aromatic heterocycles. The van der Waals surface area contributed by atoms with Gasteiger partial charge in [-0.05, 0) is 18.9 Å². The molecular weight excluding hydrogens is 176 g/mol. The van der Waals surface area contributed by atoms with E-state index in [9.17, 15) is 4.79 Å². The Morgan fingerprint density at radius 3 is 2.57 bits per heavy atom. The van der Waals surface area contributed by atoms with E-state index < -0.39 is 0 Å². The number of rotatable bonds is 8. The number of amides is 1. The fraction of sp³-hybridized carbons (Fsp3) is 0.909. The van der Waals surface area contributed by atoms with E-state index in [1.807, 2.05) is 0 Å². The van der Waals surface area contributed by atoms with Crippen LogP contribution in [0.4, 0.5) is 0 Å². The van der Waals surface area contributed by atoms with E-state index in [0.29, 0.717) is 6.54 Å². The third-order valence-electron chi connectivity index (χ3n) is 2.54. The molecule has 0 heterocycles. The highest BCUT2D eigenvalue weighted by Gasteiger charge is 2.05. The molecular formula is C11H24N2O. The number of nitrogens with one attached hydrogen (secondary N) is 2. The number of carbonyl (C=O) groups excluding carboxylic acids is 1. The van der Waals surface area contributed by atoms with Gasteiger partial charge in [0.15, 0.2) is 0 Å². The van der Waals surface area contributed by atoms with Gasteiger partial charge in [-0.25, -0.2) is 0 Å². The van der Waals surface area contributed by atoms with Crippen molar-refractivity contribution in [2.45, 2.75) is 39.5 Å². The van der Waals surface area contributed by atoms with Crippen LogP contribution < -0.4 is 10.6 Å². The molecule has 0 saturated heterocycles. The largest absolute Gasteiger partial charge is 0.358 e. The lowest BCUT2D eigenvalue weighted by atomic mass is 9.99. The zero-order chi connectivity index (χ0) is 10.8. The van der Waals surface area contributed by atoms with Crippen LogP contribution in [-0.2, 0) is 4.79 Å². The first-order chi connectivity index (χ1) is 6.74. The molecule has 3 heteroatoms. The third-order valence-corrected chi connectivity index (χ3v) is 2.54. The molecule has 3 nitrogen and oxygen atoms in total. The molecule has 0 aromatic rings. The summed E-state index contributed by atoms with van der Waals surface area (Å²) in [6.45, 7) is 5.83. The summed E-state index contributed by atoms with van der Waals surface area (Å²) in [4.78, 5) is 10.9. The highest BCUT2D eigenvalue weighted by Crippen LogP contribution is 2.10. The van der Waals surface area contributed by atoms with Crippen LogP contribution in [0.15, 0.2) is 0 Å². The zero-order valence-electron chi connectivity index (χ0n) is 9.73. The maximum absolute atomic E-state index is 10.9. The van der Waals surface area contributed by atoms with Crippen molar-refractivity contribution in [3.8, 4) is 0 Å². The Kier molecular flexibility index (Phi) is 8.64. The summed E-state index contributed by atoms with van der Waals surface area (Å²) in [5.41, 5.74) is 0. The summed E-state index contributed by atoms with van der Waals surface area (Å²) < 4.78 is 0. The normalized spacial score (nSPS) is 12.5. The number of carbonyl (C=O) groups is 1. The van der Waals surface area contributed by atoms with Gasteiger partial charge in [0.1, 0.15) is 0 Å². The van der Waals surface area contributed by atoms with E-state index in [1.165, 1.54) is 25.7 Å². The second-order valence-corrected chi connectivity index (χ2v) is 3.72. The van der Waals surface area contributed by atoms with Crippen LogP contribution in [0.2, 0.25) is 0 Å². The van der Waals surface area contributed by atoms with Gasteiger partial charge in [-0.1, -0.05) is 33.1 Å². The lowest BCUT2D eigenvalue weighted by molar-refractivity contribution is -0.119. The number of hydrogen-bond donors (Lipinski definition) is 2. The van der Waals surface area contributed by atoms with Crippen molar-refractivity contribution in [2.75, 3.05) is 20.1 Å². The smallest absolute Gasteiger partial charge is 0.233 e. The summed E-state index contributed by atoms with van der Waals surface area (Å²) in [6.07, 6.45) is 5.01. The Hall–Kier alpha value is -0.570. The Balaban J connectivity index is 3.46. The molecule has 0 aliphatic rings. The van der Waals surface area contributed by atoms with Crippen molar-refractivity contribution in [1.29, 1.82) is 0 Å². The molecule has 0 aliphatic heterocycles. The standard InChI is InChI=1S/C11H24N2O/c1-4-6-7-10(5-2)8-13-9-11(14)12-3/h10,13H,4-9H2,1-3H3,(H,12,14). The highest BCUT2D eigenvalue weighted by atomic mass is 16.1. The molecule has 0 radical (unpaired) electrons. The molecule has 0 aromatic carbocycles. The molecule has 0 rings (SSSR count). The van der Waals surface area contributed by atoms with Crippen LogP contribution in [-0.4, -0.2) is 26.0 Å². The lowest BCUT2D eigenvalue weighted by Crippen LogP contribution is -2.34. The van der Waals surface area contributed by atoms with Gasteiger partial charge < -0.3 is 10.6 Å². The fourth-order valence-electron chi connectivity index (χ4n) is 1.42. The van der Waals surface area contributed by atoms with Crippen molar-refractivity contribution in [3.63, 3.8) is 0 Å². The summed E-state index contributed by atoms with van der Waals surface area (Å²) in [5, 5.41) is 5.78. The molecule has 14 heavy (non-hydrogen) atoms. The first-order valence-corrected chi connectivity index (χ1v) is 5.65. The monoisotopic (exact) mass is 200 g/mol. The summed E-state index contributed by atoms with van der Waals surface area (Å²) in [6, 6.07) is 0. The molecule has 84 valence electrons. The van der Waals surface area contributed by atoms with Gasteiger partial charge in [-0.3, -0.25) is 4.79 Å². The molecule has 0 fully saturated rings. The van der Waals surface area contributed by atoms with Gasteiger partial charge in [0.25, 0.3) is 0 Å². The second-order valence-electron chi connectivity index (χ2n) is 3.72. The number of likely N-dealkylation sites (N-methyl/N-ethyl adjacent to an activating group) is 1. The van der Waals surface area contributed by atoms with E-state index in [2.05, 4.69) is 24.5 Å². The van der Waals surface area contributed by atoms with Gasteiger partial charge in [0, 0.05) is 7.05 Å². The first-order valence-electron chi connectivity index (χ1n) is 5.65. The number of unbranched alkanes of at least 4 members (excludes halogenated alkanes) is 1. The van der Waals surface area contributed by atoms with Crippen LogP contribution in [0.3, 0.4) is 0 Å². The van der Waals surface area contributed by atoms with Crippen molar-refractivity contribution >= 4 is 5.91 Å². The van der Waals surface area contributed by atoms with Crippen LogP contribution in [0, 0.1) is 5.92 Å². The van der Waals surface area contributed by atoms with E-state index in [0.717, 1.165) is 12.5 Å². The minimum Gasteiger partial charge on any atom is -0.358 e. The van der Waals surface area contributed by atoms with Crippen LogP contribution >= 0.6 is 0 Å². The Morgan fingerprint density at radius 1 is 1.36 bits per heavy atom. The summed E-state index contributed by atoms with van der Waals surface area (Å²) in [5.74, 6) is 0.787. The zero-order valence-corrected chi connectivity index (χ0v) is 9.73. The molecule has 0 spiro atoms. The summed E-state index contributed by atoms with van der Waals surface area (Å²) in [7, 11) is 1.67. The third kappa shape index (κ3) is 6.89. The minimum absolute atomic E-state index is 0.0651. The molecule has 1 amide bonds. The van der Waals surface area contributed by atoms with Crippen molar-refractivity contribution in [3.05, 3.63) is 0 Å².